The molecule has 1 saturated heterocycles. The van der Waals surface area contributed by atoms with E-state index in [0.29, 0.717) is 29.2 Å². The maximum Gasteiger partial charge on any atom is 0.416 e. The van der Waals surface area contributed by atoms with Gasteiger partial charge in [-0.3, -0.25) is 0 Å². The van der Waals surface area contributed by atoms with Crippen molar-refractivity contribution >= 4 is 21.7 Å². The van der Waals surface area contributed by atoms with Crippen molar-refractivity contribution in [3.05, 3.63) is 76.3 Å². The summed E-state index contributed by atoms with van der Waals surface area (Å²) in [7, 11) is -3.83. The second kappa shape index (κ2) is 12.2. The van der Waals surface area contributed by atoms with Crippen LogP contribution in [0.4, 0.5) is 23.7 Å². The standard InChI is InChI=1S/C30H34F3N3O5S/c1-6-40-24-8-10-25(11-9-24)41-27-12-7-23(30(31,32)33)18-26(27)34-29(37)35-13-15-36(16-14-35)42(38,39)28-21(4)19(2)17-20(3)22(28)5/h7-12,17-18H,6,13-16H2,1-5H3,(H,34,37). The number of hydrogen-bond acceptors (Lipinski definition) is 5. The molecule has 0 saturated carbocycles. The zero-order valence-corrected chi connectivity index (χ0v) is 24.9. The van der Waals surface area contributed by atoms with E-state index in [1.807, 2.05) is 26.8 Å². The third kappa shape index (κ3) is 6.65. The number of amides is 2. The van der Waals surface area contributed by atoms with Gasteiger partial charge in [0.1, 0.15) is 11.5 Å². The number of hydrogen-bond donors (Lipinski definition) is 1. The molecule has 1 N–H and O–H groups in total. The SMILES string of the molecule is CCOc1ccc(Oc2ccc(C(F)(F)F)cc2NC(=O)N2CCN(S(=O)(=O)c3c(C)c(C)cc(C)c3C)CC2)cc1. The molecule has 0 unspecified atom stereocenters. The topological polar surface area (TPSA) is 88.2 Å². The molecule has 0 aromatic heterocycles. The Kier molecular flexibility index (Phi) is 9.07. The number of nitrogens with zero attached hydrogens (tertiary/aromatic N) is 2. The van der Waals surface area contributed by atoms with Gasteiger partial charge in [-0.2, -0.15) is 17.5 Å². The molecule has 1 heterocycles. The van der Waals surface area contributed by atoms with E-state index in [1.165, 1.54) is 9.21 Å². The fourth-order valence-corrected chi connectivity index (χ4v) is 6.81. The van der Waals surface area contributed by atoms with Gasteiger partial charge < -0.3 is 19.7 Å². The van der Waals surface area contributed by atoms with Gasteiger partial charge in [-0.1, -0.05) is 6.07 Å². The van der Waals surface area contributed by atoms with Crippen molar-refractivity contribution in [3.8, 4) is 17.2 Å². The Morgan fingerprint density at radius 1 is 0.881 bits per heavy atom. The monoisotopic (exact) mass is 605 g/mol. The smallest absolute Gasteiger partial charge is 0.416 e. The van der Waals surface area contributed by atoms with E-state index in [9.17, 15) is 26.4 Å². The van der Waals surface area contributed by atoms with Crippen LogP contribution in [-0.4, -0.2) is 56.4 Å². The van der Waals surface area contributed by atoms with Gasteiger partial charge in [-0.15, -0.1) is 0 Å². The summed E-state index contributed by atoms with van der Waals surface area (Å²) in [6.07, 6.45) is -4.64. The maximum atomic E-state index is 13.6. The Labute approximate surface area is 244 Å². The summed E-state index contributed by atoms with van der Waals surface area (Å²) < 4.78 is 80.2. The first-order chi connectivity index (χ1) is 19.7. The van der Waals surface area contributed by atoms with Crippen LogP contribution in [0.15, 0.2) is 53.4 Å². The summed E-state index contributed by atoms with van der Waals surface area (Å²) in [5.74, 6) is 0.960. The lowest BCUT2D eigenvalue weighted by molar-refractivity contribution is -0.137. The number of alkyl halides is 3. The molecule has 1 fully saturated rings. The lowest BCUT2D eigenvalue weighted by Gasteiger charge is -2.35. The number of benzene rings is 3. The second-order valence-electron chi connectivity index (χ2n) is 10.1. The molecule has 4 rings (SSSR count). The summed E-state index contributed by atoms with van der Waals surface area (Å²) in [5.41, 5.74) is 2.00. The van der Waals surface area contributed by atoms with Gasteiger partial charge in [0.05, 0.1) is 22.8 Å². The van der Waals surface area contributed by atoms with Crippen molar-refractivity contribution in [3.63, 3.8) is 0 Å². The van der Waals surface area contributed by atoms with Crippen LogP contribution in [0.3, 0.4) is 0 Å². The van der Waals surface area contributed by atoms with E-state index in [2.05, 4.69) is 5.32 Å². The first kappa shape index (κ1) is 31.2. The molecule has 8 nitrogen and oxygen atoms in total. The summed E-state index contributed by atoms with van der Waals surface area (Å²) in [6, 6.07) is 10.7. The number of aryl methyl sites for hydroxylation is 2. The van der Waals surface area contributed by atoms with Crippen molar-refractivity contribution in [2.45, 2.75) is 45.7 Å². The number of halogens is 3. The summed E-state index contributed by atoms with van der Waals surface area (Å²) in [5, 5.41) is 2.53. The molecule has 12 heteroatoms. The van der Waals surface area contributed by atoms with Gasteiger partial charge in [0.2, 0.25) is 10.0 Å². The minimum atomic E-state index is -4.64. The van der Waals surface area contributed by atoms with Crippen molar-refractivity contribution in [2.75, 3.05) is 38.1 Å². The maximum absolute atomic E-state index is 13.6. The molecule has 226 valence electrons. The van der Waals surface area contributed by atoms with E-state index in [0.717, 1.165) is 29.3 Å². The lowest BCUT2D eigenvalue weighted by Crippen LogP contribution is -2.51. The number of urea groups is 1. The minimum absolute atomic E-state index is 0.0162. The Bertz CT molecular complexity index is 1540. The van der Waals surface area contributed by atoms with Gasteiger partial charge in [-0.05, 0) is 99.3 Å². The van der Waals surface area contributed by atoms with Gasteiger partial charge in [0, 0.05) is 26.2 Å². The predicted octanol–water partition coefficient (Wildman–Crippen LogP) is 6.67. The minimum Gasteiger partial charge on any atom is -0.494 e. The molecule has 42 heavy (non-hydrogen) atoms. The molecule has 3 aromatic carbocycles. The van der Waals surface area contributed by atoms with Crippen LogP contribution in [0.5, 0.6) is 17.2 Å². The molecule has 1 aliphatic rings. The van der Waals surface area contributed by atoms with Gasteiger partial charge in [-0.25, -0.2) is 13.2 Å². The summed E-state index contributed by atoms with van der Waals surface area (Å²) in [4.78, 5) is 14.8. The highest BCUT2D eigenvalue weighted by molar-refractivity contribution is 7.89. The van der Waals surface area contributed by atoms with E-state index in [-0.39, 0.29) is 42.5 Å². The fourth-order valence-electron chi connectivity index (χ4n) is 4.81. The van der Waals surface area contributed by atoms with Crippen molar-refractivity contribution in [1.29, 1.82) is 0 Å². The number of ether oxygens (including phenoxy) is 2. The number of nitrogens with one attached hydrogen (secondary N) is 1. The zero-order valence-electron chi connectivity index (χ0n) is 24.1. The van der Waals surface area contributed by atoms with Crippen LogP contribution < -0.4 is 14.8 Å². The van der Waals surface area contributed by atoms with Crippen molar-refractivity contribution in [1.82, 2.24) is 9.21 Å². The van der Waals surface area contributed by atoms with Crippen LogP contribution in [0, 0.1) is 27.7 Å². The van der Waals surface area contributed by atoms with Crippen molar-refractivity contribution < 1.29 is 35.9 Å². The quantitative estimate of drug-likeness (QED) is 0.325. The highest BCUT2D eigenvalue weighted by atomic mass is 32.2. The molecule has 2 amide bonds. The molecule has 0 atom stereocenters. The molecule has 3 aromatic rings. The molecule has 0 bridgehead atoms. The van der Waals surface area contributed by atoms with Crippen molar-refractivity contribution in [2.24, 2.45) is 0 Å². The number of carbonyl (C=O) groups is 1. The molecule has 1 aliphatic heterocycles. The van der Waals surface area contributed by atoms with E-state index >= 15 is 0 Å². The largest absolute Gasteiger partial charge is 0.494 e. The van der Waals surface area contributed by atoms with Crippen LogP contribution in [0.25, 0.3) is 0 Å². The average molecular weight is 606 g/mol. The third-order valence-corrected chi connectivity index (χ3v) is 9.51. The Morgan fingerprint density at radius 2 is 1.45 bits per heavy atom. The fraction of sp³-hybridized carbons (Fsp3) is 0.367. The van der Waals surface area contributed by atoms with Crippen LogP contribution >= 0.6 is 0 Å². The van der Waals surface area contributed by atoms with Gasteiger partial charge in [0.25, 0.3) is 0 Å². The highest BCUT2D eigenvalue weighted by Gasteiger charge is 2.34. The number of sulfonamides is 1. The Balaban J connectivity index is 1.51. The Hall–Kier alpha value is -3.77. The molecule has 0 spiro atoms. The van der Waals surface area contributed by atoms with E-state index in [4.69, 9.17) is 9.47 Å². The van der Waals surface area contributed by atoms with E-state index < -0.39 is 27.8 Å². The third-order valence-electron chi connectivity index (χ3n) is 7.33. The van der Waals surface area contributed by atoms with Gasteiger partial charge >= 0.3 is 12.2 Å². The first-order valence-electron chi connectivity index (χ1n) is 13.5. The van der Waals surface area contributed by atoms with Crippen LogP contribution in [-0.2, 0) is 16.2 Å². The molecular formula is C30H34F3N3O5S. The number of piperazine rings is 1. The Morgan fingerprint density at radius 3 is 2.00 bits per heavy atom. The molecular weight excluding hydrogens is 571 g/mol. The van der Waals surface area contributed by atoms with Gasteiger partial charge in [0.15, 0.2) is 5.75 Å². The lowest BCUT2D eigenvalue weighted by atomic mass is 10.0. The number of anilines is 1. The average Bonchev–Trinajstić information content (AvgIpc) is 2.93. The van der Waals surface area contributed by atoms with Crippen LogP contribution in [0.2, 0.25) is 0 Å². The number of carbonyl (C=O) groups excluding carboxylic acids is 1. The zero-order chi connectivity index (χ0) is 30.8. The molecule has 0 aliphatic carbocycles. The van der Waals surface area contributed by atoms with E-state index in [1.54, 1.807) is 38.1 Å². The normalized spacial score (nSPS) is 14.5. The predicted molar refractivity (Wildman–Crippen MR) is 154 cm³/mol. The second-order valence-corrected chi connectivity index (χ2v) is 12.0. The highest BCUT2D eigenvalue weighted by Crippen LogP contribution is 2.37. The number of rotatable bonds is 7. The summed E-state index contributed by atoms with van der Waals surface area (Å²) in [6.45, 7) is 9.80. The first-order valence-corrected chi connectivity index (χ1v) is 14.9. The summed E-state index contributed by atoms with van der Waals surface area (Å²) >= 11 is 0. The van der Waals surface area contributed by atoms with Crippen LogP contribution in [0.1, 0.15) is 34.7 Å². The molecule has 0 radical (unpaired) electrons.